The third-order valence-corrected chi connectivity index (χ3v) is 7.30. The van der Waals surface area contributed by atoms with Gasteiger partial charge in [0, 0.05) is 30.5 Å². The Bertz CT molecular complexity index is 1060. The summed E-state index contributed by atoms with van der Waals surface area (Å²) in [6.45, 7) is 6.57. The second kappa shape index (κ2) is 9.41. The van der Waals surface area contributed by atoms with Crippen molar-refractivity contribution >= 4 is 21.6 Å². The summed E-state index contributed by atoms with van der Waals surface area (Å²) in [6.07, 6.45) is 4.06. The van der Waals surface area contributed by atoms with Gasteiger partial charge in [-0.1, -0.05) is 20.8 Å². The van der Waals surface area contributed by atoms with Crippen molar-refractivity contribution in [2.45, 2.75) is 43.9 Å². The van der Waals surface area contributed by atoms with Gasteiger partial charge in [0.2, 0.25) is 15.9 Å². The number of aromatic nitrogens is 2. The number of sulfonamides is 1. The van der Waals surface area contributed by atoms with Crippen LogP contribution in [0.25, 0.3) is 0 Å². The largest absolute Gasteiger partial charge is 0.493 e. The lowest BCUT2D eigenvalue weighted by molar-refractivity contribution is -0.120. The van der Waals surface area contributed by atoms with Gasteiger partial charge in [-0.25, -0.2) is 18.4 Å². The van der Waals surface area contributed by atoms with Crippen LogP contribution in [-0.2, 0) is 20.2 Å². The average Bonchev–Trinajstić information content (AvgIpc) is 2.78. The van der Waals surface area contributed by atoms with Crippen molar-refractivity contribution in [2.75, 3.05) is 32.6 Å². The van der Waals surface area contributed by atoms with Crippen LogP contribution in [0.3, 0.4) is 0 Å². The smallest absolute Gasteiger partial charge is 0.243 e. The molecule has 0 spiro atoms. The van der Waals surface area contributed by atoms with Gasteiger partial charge in [0.1, 0.15) is 5.82 Å². The minimum Gasteiger partial charge on any atom is -0.493 e. The van der Waals surface area contributed by atoms with Gasteiger partial charge in [0.25, 0.3) is 0 Å². The summed E-state index contributed by atoms with van der Waals surface area (Å²) in [6, 6.07) is 4.52. The number of amides is 1. The first-order valence-electron chi connectivity index (χ1n) is 10.4. The Morgan fingerprint density at radius 2 is 1.66 bits per heavy atom. The predicted octanol–water partition coefficient (Wildman–Crippen LogP) is 2.83. The van der Waals surface area contributed by atoms with E-state index in [0.717, 1.165) is 0 Å². The topological polar surface area (TPSA) is 111 Å². The van der Waals surface area contributed by atoms with Crippen molar-refractivity contribution in [3.8, 4) is 11.5 Å². The molecular weight excluding hydrogens is 432 g/mol. The van der Waals surface area contributed by atoms with Crippen molar-refractivity contribution < 1.29 is 22.7 Å². The molecule has 10 heteroatoms. The third-order valence-electron chi connectivity index (χ3n) is 5.41. The van der Waals surface area contributed by atoms with Crippen LogP contribution in [0.4, 0.5) is 5.69 Å². The van der Waals surface area contributed by atoms with Gasteiger partial charge in [-0.05, 0) is 25.0 Å². The first kappa shape index (κ1) is 23.9. The number of piperidine rings is 1. The molecule has 32 heavy (non-hydrogen) atoms. The highest BCUT2D eigenvalue weighted by atomic mass is 32.2. The number of nitrogens with zero attached hydrogens (tertiary/aromatic N) is 3. The minimum atomic E-state index is -3.70. The van der Waals surface area contributed by atoms with Crippen LogP contribution < -0.4 is 14.8 Å². The summed E-state index contributed by atoms with van der Waals surface area (Å²) in [4.78, 5) is 21.4. The highest BCUT2D eigenvalue weighted by molar-refractivity contribution is 7.89. The number of hydrogen-bond donors (Lipinski definition) is 1. The van der Waals surface area contributed by atoms with E-state index in [0.29, 0.717) is 35.9 Å². The molecule has 0 aliphatic carbocycles. The fraction of sp³-hybridized carbons (Fsp3) is 0.500. The lowest BCUT2D eigenvalue weighted by Crippen LogP contribution is -2.41. The van der Waals surface area contributed by atoms with Crippen LogP contribution in [0.15, 0.2) is 35.5 Å². The number of benzene rings is 1. The van der Waals surface area contributed by atoms with Crippen LogP contribution in [0.1, 0.15) is 39.4 Å². The van der Waals surface area contributed by atoms with Crippen molar-refractivity contribution in [2.24, 2.45) is 5.92 Å². The molecule has 3 rings (SSSR count). The van der Waals surface area contributed by atoms with Gasteiger partial charge < -0.3 is 14.8 Å². The van der Waals surface area contributed by atoms with Crippen molar-refractivity contribution in [1.82, 2.24) is 14.3 Å². The van der Waals surface area contributed by atoms with Crippen LogP contribution in [-0.4, -0.2) is 55.9 Å². The molecule has 0 bridgehead atoms. The summed E-state index contributed by atoms with van der Waals surface area (Å²) in [5, 5.41) is 2.84. The highest BCUT2D eigenvalue weighted by Crippen LogP contribution is 2.32. The maximum atomic E-state index is 13.0. The number of hydrogen-bond acceptors (Lipinski definition) is 7. The van der Waals surface area contributed by atoms with E-state index in [4.69, 9.17) is 9.47 Å². The van der Waals surface area contributed by atoms with Crippen LogP contribution in [0.2, 0.25) is 0 Å². The third kappa shape index (κ3) is 5.18. The first-order valence-corrected chi connectivity index (χ1v) is 11.9. The number of ether oxygens (including phenoxy) is 2. The molecule has 2 aromatic rings. The molecule has 9 nitrogen and oxygen atoms in total. The zero-order valence-corrected chi connectivity index (χ0v) is 19.9. The Hall–Kier alpha value is -2.72. The Morgan fingerprint density at radius 3 is 2.19 bits per heavy atom. The quantitative estimate of drug-likeness (QED) is 0.703. The molecule has 0 radical (unpaired) electrons. The Kier molecular flexibility index (Phi) is 7.04. The van der Waals surface area contributed by atoms with Crippen LogP contribution in [0, 0.1) is 5.92 Å². The number of carbonyl (C=O) groups excluding carboxylic acids is 1. The fourth-order valence-electron chi connectivity index (χ4n) is 3.51. The summed E-state index contributed by atoms with van der Waals surface area (Å²) >= 11 is 0. The van der Waals surface area contributed by atoms with E-state index in [-0.39, 0.29) is 35.2 Å². The Morgan fingerprint density at radius 1 is 1.06 bits per heavy atom. The SMILES string of the molecule is COc1ccc(S(=O)(=O)N2CCC(C(=O)Nc3cnc(C(C)(C)C)nc3)CC2)cc1OC. The number of rotatable bonds is 6. The maximum absolute atomic E-state index is 13.0. The summed E-state index contributed by atoms with van der Waals surface area (Å²) < 4.78 is 37.9. The lowest BCUT2D eigenvalue weighted by atomic mass is 9.96. The molecule has 1 aromatic heterocycles. The normalized spacial score (nSPS) is 15.9. The summed E-state index contributed by atoms with van der Waals surface area (Å²) in [5.74, 6) is 1.07. The molecule has 1 aliphatic heterocycles. The molecule has 1 amide bonds. The van der Waals surface area contributed by atoms with E-state index in [2.05, 4.69) is 15.3 Å². The van der Waals surface area contributed by atoms with Gasteiger partial charge in [-0.3, -0.25) is 4.79 Å². The molecule has 1 saturated heterocycles. The molecule has 1 N–H and O–H groups in total. The number of carbonyl (C=O) groups is 1. The molecule has 2 heterocycles. The molecule has 1 fully saturated rings. The van der Waals surface area contributed by atoms with Gasteiger partial charge in [-0.15, -0.1) is 0 Å². The number of anilines is 1. The summed E-state index contributed by atoms with van der Waals surface area (Å²) in [7, 11) is -0.749. The molecule has 1 aromatic carbocycles. The predicted molar refractivity (Wildman–Crippen MR) is 120 cm³/mol. The molecule has 0 saturated carbocycles. The Labute approximate surface area is 189 Å². The van der Waals surface area contributed by atoms with E-state index >= 15 is 0 Å². The van der Waals surface area contributed by atoms with E-state index < -0.39 is 10.0 Å². The second-order valence-electron chi connectivity index (χ2n) is 8.73. The second-order valence-corrected chi connectivity index (χ2v) is 10.7. The van der Waals surface area contributed by atoms with E-state index in [1.807, 2.05) is 20.8 Å². The summed E-state index contributed by atoms with van der Waals surface area (Å²) in [5.41, 5.74) is 0.359. The van der Waals surface area contributed by atoms with E-state index in [1.54, 1.807) is 18.5 Å². The van der Waals surface area contributed by atoms with Crippen molar-refractivity contribution in [1.29, 1.82) is 0 Å². The molecule has 1 aliphatic rings. The standard InChI is InChI=1S/C22H30N4O5S/c1-22(2,3)21-23-13-16(14-24-21)25-20(27)15-8-10-26(11-9-15)32(28,29)17-6-7-18(30-4)19(12-17)31-5/h6-7,12-15H,8-11H2,1-5H3,(H,25,27). The molecule has 0 atom stereocenters. The van der Waals surface area contributed by atoms with Gasteiger partial charge in [0.15, 0.2) is 11.5 Å². The molecular formula is C22H30N4O5S. The number of nitrogens with one attached hydrogen (secondary N) is 1. The molecule has 174 valence electrons. The minimum absolute atomic E-state index is 0.133. The monoisotopic (exact) mass is 462 g/mol. The lowest BCUT2D eigenvalue weighted by Gasteiger charge is -2.30. The Balaban J connectivity index is 1.62. The first-order chi connectivity index (χ1) is 15.1. The number of methoxy groups -OCH3 is 2. The van der Waals surface area contributed by atoms with Crippen molar-refractivity contribution in [3.05, 3.63) is 36.4 Å². The average molecular weight is 463 g/mol. The zero-order chi connectivity index (χ0) is 23.5. The highest BCUT2D eigenvalue weighted by Gasteiger charge is 2.32. The van der Waals surface area contributed by atoms with E-state index in [1.165, 1.54) is 30.7 Å². The zero-order valence-electron chi connectivity index (χ0n) is 19.1. The van der Waals surface area contributed by atoms with Gasteiger partial charge >= 0.3 is 0 Å². The maximum Gasteiger partial charge on any atom is 0.243 e. The molecule has 0 unspecified atom stereocenters. The van der Waals surface area contributed by atoms with Gasteiger partial charge in [-0.2, -0.15) is 4.31 Å². The van der Waals surface area contributed by atoms with Crippen LogP contribution >= 0.6 is 0 Å². The fourth-order valence-corrected chi connectivity index (χ4v) is 4.99. The van der Waals surface area contributed by atoms with Gasteiger partial charge in [0.05, 0.1) is 37.2 Å². The van der Waals surface area contributed by atoms with Crippen molar-refractivity contribution in [3.63, 3.8) is 0 Å². The van der Waals surface area contributed by atoms with E-state index in [9.17, 15) is 13.2 Å². The van der Waals surface area contributed by atoms with Crippen LogP contribution in [0.5, 0.6) is 11.5 Å².